The molecule has 5 heteroatoms. The number of aliphatic hydroxyl groups is 2. The van der Waals surface area contributed by atoms with E-state index >= 15 is 0 Å². The van der Waals surface area contributed by atoms with Crippen molar-refractivity contribution in [2.45, 2.75) is 51.4 Å². The van der Waals surface area contributed by atoms with E-state index < -0.39 is 23.9 Å². The van der Waals surface area contributed by atoms with Gasteiger partial charge in [-0.1, -0.05) is 0 Å². The van der Waals surface area contributed by atoms with Crippen molar-refractivity contribution in [3.8, 4) is 0 Å². The number of likely N-dealkylation sites (tertiary alicyclic amines) is 1. The zero-order chi connectivity index (χ0) is 12.3. The summed E-state index contributed by atoms with van der Waals surface area (Å²) in [5.74, 6) is 0. The molecule has 0 aliphatic carbocycles. The molecule has 1 saturated heterocycles. The van der Waals surface area contributed by atoms with Crippen molar-refractivity contribution in [2.24, 2.45) is 0 Å². The van der Waals surface area contributed by atoms with Gasteiger partial charge in [0, 0.05) is 6.54 Å². The van der Waals surface area contributed by atoms with Crippen LogP contribution in [0.2, 0.25) is 0 Å². The van der Waals surface area contributed by atoms with Gasteiger partial charge in [-0.3, -0.25) is 0 Å². The molecule has 5 nitrogen and oxygen atoms in total. The predicted molar refractivity (Wildman–Crippen MR) is 59.1 cm³/mol. The fraction of sp³-hybridized carbons (Fsp3) is 0.909. The van der Waals surface area contributed by atoms with Gasteiger partial charge in [-0.05, 0) is 33.6 Å². The molecule has 1 rings (SSSR count). The lowest BCUT2D eigenvalue weighted by Gasteiger charge is -2.27. The lowest BCUT2D eigenvalue weighted by Crippen LogP contribution is -2.42. The maximum Gasteiger partial charge on any atom is 0.410 e. The quantitative estimate of drug-likeness (QED) is 0.645. The van der Waals surface area contributed by atoms with E-state index in [0.29, 0.717) is 19.4 Å². The van der Waals surface area contributed by atoms with Crippen LogP contribution in [0.3, 0.4) is 0 Å². The second-order valence-electron chi connectivity index (χ2n) is 5.20. The van der Waals surface area contributed by atoms with E-state index in [9.17, 15) is 15.0 Å². The zero-order valence-corrected chi connectivity index (χ0v) is 10.1. The van der Waals surface area contributed by atoms with Gasteiger partial charge in [0.1, 0.15) is 5.60 Å². The zero-order valence-electron chi connectivity index (χ0n) is 10.1. The summed E-state index contributed by atoms with van der Waals surface area (Å²) in [6.07, 6.45) is -0.860. The number of rotatable bonds is 0. The van der Waals surface area contributed by atoms with Gasteiger partial charge in [-0.2, -0.15) is 0 Å². The van der Waals surface area contributed by atoms with E-state index in [4.69, 9.17) is 4.74 Å². The summed E-state index contributed by atoms with van der Waals surface area (Å²) in [6.45, 7) is 6.05. The lowest BCUT2D eigenvalue weighted by atomic mass is 10.1. The van der Waals surface area contributed by atoms with Crippen LogP contribution in [-0.2, 0) is 4.74 Å². The highest BCUT2D eigenvalue weighted by Gasteiger charge is 2.29. The first-order chi connectivity index (χ1) is 7.29. The van der Waals surface area contributed by atoms with Crippen LogP contribution in [0.1, 0.15) is 33.6 Å². The second-order valence-corrected chi connectivity index (χ2v) is 5.20. The van der Waals surface area contributed by atoms with E-state index in [2.05, 4.69) is 0 Å². The number of carbonyl (C=O) groups excluding carboxylic acids is 1. The van der Waals surface area contributed by atoms with Gasteiger partial charge in [0.15, 0.2) is 0 Å². The molecular weight excluding hydrogens is 210 g/mol. The third-order valence-corrected chi connectivity index (χ3v) is 2.43. The molecule has 0 bridgehead atoms. The Hall–Kier alpha value is -0.810. The number of ether oxygens (including phenoxy) is 1. The Labute approximate surface area is 96.0 Å². The highest BCUT2D eigenvalue weighted by Crippen LogP contribution is 2.15. The first-order valence-electron chi connectivity index (χ1n) is 5.63. The summed E-state index contributed by atoms with van der Waals surface area (Å²) in [6, 6.07) is 0. The molecule has 1 fully saturated rings. The average molecular weight is 231 g/mol. The first kappa shape index (κ1) is 13.3. The molecule has 0 aromatic heterocycles. The SMILES string of the molecule is CC(C)(C)OC(=O)N1CCC[C@H](O)[C@@H](O)C1. The second kappa shape index (κ2) is 5.01. The van der Waals surface area contributed by atoms with Crippen molar-refractivity contribution >= 4 is 6.09 Å². The highest BCUT2D eigenvalue weighted by molar-refractivity contribution is 5.68. The minimum Gasteiger partial charge on any atom is -0.444 e. The number of hydrogen-bond acceptors (Lipinski definition) is 4. The largest absolute Gasteiger partial charge is 0.444 e. The van der Waals surface area contributed by atoms with Crippen molar-refractivity contribution in [3.63, 3.8) is 0 Å². The molecule has 0 saturated carbocycles. The Morgan fingerprint density at radius 1 is 1.31 bits per heavy atom. The van der Waals surface area contributed by atoms with Crippen molar-refractivity contribution in [1.82, 2.24) is 4.90 Å². The Bertz CT molecular complexity index is 249. The first-order valence-corrected chi connectivity index (χ1v) is 5.63. The molecule has 0 aromatic rings. The van der Waals surface area contributed by atoms with Crippen LogP contribution >= 0.6 is 0 Å². The average Bonchev–Trinajstić information content (AvgIpc) is 2.27. The highest BCUT2D eigenvalue weighted by atomic mass is 16.6. The van der Waals surface area contributed by atoms with Crippen molar-refractivity contribution in [1.29, 1.82) is 0 Å². The van der Waals surface area contributed by atoms with Crippen LogP contribution in [0, 0.1) is 0 Å². The minimum atomic E-state index is -0.880. The van der Waals surface area contributed by atoms with E-state index in [1.807, 2.05) is 0 Å². The smallest absolute Gasteiger partial charge is 0.410 e. The van der Waals surface area contributed by atoms with Crippen LogP contribution in [0.4, 0.5) is 4.79 Å². The molecule has 0 aromatic carbocycles. The van der Waals surface area contributed by atoms with Crippen molar-refractivity contribution < 1.29 is 19.7 Å². The van der Waals surface area contributed by atoms with Gasteiger partial charge in [-0.15, -0.1) is 0 Å². The summed E-state index contributed by atoms with van der Waals surface area (Å²) >= 11 is 0. The van der Waals surface area contributed by atoms with Crippen LogP contribution in [0.5, 0.6) is 0 Å². The third kappa shape index (κ3) is 3.98. The van der Waals surface area contributed by atoms with Gasteiger partial charge >= 0.3 is 6.09 Å². The van der Waals surface area contributed by atoms with Crippen LogP contribution in [0.25, 0.3) is 0 Å². The number of aliphatic hydroxyl groups excluding tert-OH is 2. The van der Waals surface area contributed by atoms with Crippen LogP contribution in [0.15, 0.2) is 0 Å². The molecule has 0 unspecified atom stereocenters. The van der Waals surface area contributed by atoms with Crippen molar-refractivity contribution in [3.05, 3.63) is 0 Å². The lowest BCUT2D eigenvalue weighted by molar-refractivity contribution is -0.00592. The molecular formula is C11H21NO4. The normalized spacial score (nSPS) is 27.4. The number of β-amino-alcohol motifs (C(OH)–C–C–N with tert-alkyl or cyclic N) is 1. The number of nitrogens with zero attached hydrogens (tertiary/aromatic N) is 1. The molecule has 0 radical (unpaired) electrons. The van der Waals surface area contributed by atoms with E-state index in [1.165, 1.54) is 4.90 Å². The minimum absolute atomic E-state index is 0.135. The van der Waals surface area contributed by atoms with Gasteiger partial charge in [-0.25, -0.2) is 4.79 Å². The number of carbonyl (C=O) groups is 1. The monoisotopic (exact) mass is 231 g/mol. The van der Waals surface area contributed by atoms with Crippen LogP contribution in [-0.4, -0.2) is 52.1 Å². The maximum atomic E-state index is 11.7. The Balaban J connectivity index is 2.56. The third-order valence-electron chi connectivity index (χ3n) is 2.43. The van der Waals surface area contributed by atoms with Gasteiger partial charge in [0.25, 0.3) is 0 Å². The molecule has 16 heavy (non-hydrogen) atoms. The summed E-state index contributed by atoms with van der Waals surface area (Å²) < 4.78 is 5.21. The molecule has 1 amide bonds. The molecule has 1 heterocycles. The Kier molecular flexibility index (Phi) is 4.15. The predicted octanol–water partition coefficient (Wildman–Crippen LogP) is 0.739. The molecule has 1 aliphatic heterocycles. The summed E-state index contributed by atoms with van der Waals surface area (Å²) in [5.41, 5.74) is -0.535. The number of amides is 1. The van der Waals surface area contributed by atoms with Crippen molar-refractivity contribution in [2.75, 3.05) is 13.1 Å². The van der Waals surface area contributed by atoms with Gasteiger partial charge in [0.2, 0.25) is 0 Å². The molecule has 94 valence electrons. The summed E-state index contributed by atoms with van der Waals surface area (Å²) in [4.78, 5) is 13.2. The summed E-state index contributed by atoms with van der Waals surface area (Å²) in [5, 5.41) is 19.0. The maximum absolute atomic E-state index is 11.7. The van der Waals surface area contributed by atoms with E-state index in [0.717, 1.165) is 0 Å². The molecule has 2 N–H and O–H groups in total. The molecule has 2 atom stereocenters. The van der Waals surface area contributed by atoms with E-state index in [-0.39, 0.29) is 6.54 Å². The number of hydrogen-bond donors (Lipinski definition) is 2. The molecule has 0 spiro atoms. The molecule has 1 aliphatic rings. The fourth-order valence-corrected chi connectivity index (χ4v) is 1.61. The van der Waals surface area contributed by atoms with Crippen LogP contribution < -0.4 is 0 Å². The standard InChI is InChI=1S/C11H21NO4/c1-11(2,3)16-10(15)12-6-4-5-8(13)9(14)7-12/h8-9,13-14H,4-7H2,1-3H3/t8-,9-/m0/s1. The van der Waals surface area contributed by atoms with Gasteiger partial charge in [0.05, 0.1) is 18.8 Å². The topological polar surface area (TPSA) is 70.0 Å². The summed E-state index contributed by atoms with van der Waals surface area (Å²) in [7, 11) is 0. The van der Waals surface area contributed by atoms with E-state index in [1.54, 1.807) is 20.8 Å². The Morgan fingerprint density at radius 3 is 2.50 bits per heavy atom. The Morgan fingerprint density at radius 2 is 1.94 bits per heavy atom. The fourth-order valence-electron chi connectivity index (χ4n) is 1.61. The van der Waals surface area contributed by atoms with Gasteiger partial charge < -0.3 is 19.8 Å².